The normalized spacial score (nSPS) is 11.0. The highest BCUT2D eigenvalue weighted by molar-refractivity contribution is 7.92. The molecule has 0 aliphatic heterocycles. The Hall–Kier alpha value is -2.09. The van der Waals surface area contributed by atoms with Gasteiger partial charge in [-0.1, -0.05) is 11.6 Å². The summed E-state index contributed by atoms with van der Waals surface area (Å²) in [5.41, 5.74) is 1.16. The maximum Gasteiger partial charge on any atom is 0.305 e. The zero-order valence-electron chi connectivity index (χ0n) is 12.1. The van der Waals surface area contributed by atoms with Crippen LogP contribution in [0.3, 0.4) is 0 Å². The highest BCUT2D eigenvalue weighted by atomic mass is 32.2. The van der Waals surface area contributed by atoms with Gasteiger partial charge in [0, 0.05) is 13.6 Å². The largest absolute Gasteiger partial charge is 0.481 e. The van der Waals surface area contributed by atoms with Gasteiger partial charge in [0.05, 0.1) is 23.9 Å². The third-order valence-corrected chi connectivity index (χ3v) is 3.30. The monoisotopic (exact) mass is 314 g/mol. The number of nitrogens with one attached hydrogen (secondary N) is 1. The van der Waals surface area contributed by atoms with Gasteiger partial charge in [0.25, 0.3) is 5.91 Å². The molecule has 8 heteroatoms. The number of amides is 1. The molecule has 0 unspecified atom stereocenters. The van der Waals surface area contributed by atoms with Crippen LogP contribution in [0.2, 0.25) is 0 Å². The molecule has 0 fully saturated rings. The Morgan fingerprint density at radius 3 is 2.48 bits per heavy atom. The molecule has 0 saturated carbocycles. The number of anilines is 1. The molecule has 0 aliphatic rings. The molecular formula is C13H18N2O5S. The van der Waals surface area contributed by atoms with Gasteiger partial charge in [0.1, 0.15) is 0 Å². The van der Waals surface area contributed by atoms with Crippen LogP contribution in [0.25, 0.3) is 0 Å². The second-order valence-electron chi connectivity index (χ2n) is 4.79. The van der Waals surface area contributed by atoms with Gasteiger partial charge in [-0.25, -0.2) is 8.42 Å². The smallest absolute Gasteiger partial charge is 0.305 e. The van der Waals surface area contributed by atoms with Gasteiger partial charge in [-0.15, -0.1) is 0 Å². The quantitative estimate of drug-likeness (QED) is 0.812. The Kier molecular flexibility index (Phi) is 5.31. The molecule has 1 aromatic carbocycles. The fourth-order valence-corrected chi connectivity index (χ4v) is 2.27. The van der Waals surface area contributed by atoms with Crippen molar-refractivity contribution in [3.05, 3.63) is 29.3 Å². The summed E-state index contributed by atoms with van der Waals surface area (Å²) in [4.78, 5) is 24.1. The van der Waals surface area contributed by atoms with E-state index in [9.17, 15) is 18.0 Å². The van der Waals surface area contributed by atoms with E-state index in [1.54, 1.807) is 19.1 Å². The molecule has 0 aromatic heterocycles. The van der Waals surface area contributed by atoms with E-state index in [2.05, 4.69) is 4.72 Å². The average Bonchev–Trinajstić information content (AvgIpc) is 2.35. The lowest BCUT2D eigenvalue weighted by molar-refractivity contribution is -0.137. The average molecular weight is 314 g/mol. The summed E-state index contributed by atoms with van der Waals surface area (Å²) in [5, 5.41) is 8.64. The minimum atomic E-state index is -3.51. The number of hydrogen-bond donors (Lipinski definition) is 2. The van der Waals surface area contributed by atoms with Crippen molar-refractivity contribution in [1.29, 1.82) is 0 Å². The number of aliphatic carboxylic acids is 1. The third-order valence-electron chi connectivity index (χ3n) is 2.71. The predicted molar refractivity (Wildman–Crippen MR) is 78.9 cm³/mol. The molecule has 0 aliphatic carbocycles. The van der Waals surface area contributed by atoms with Crippen molar-refractivity contribution in [1.82, 2.24) is 4.90 Å². The fraction of sp³-hybridized carbons (Fsp3) is 0.385. The molecule has 0 heterocycles. The Bertz CT molecular complexity index is 655. The van der Waals surface area contributed by atoms with E-state index in [0.29, 0.717) is 0 Å². The lowest BCUT2D eigenvalue weighted by Crippen LogP contribution is -2.30. The summed E-state index contributed by atoms with van der Waals surface area (Å²) < 4.78 is 24.9. The first kappa shape index (κ1) is 17.0. The van der Waals surface area contributed by atoms with Crippen molar-refractivity contribution in [2.75, 3.05) is 24.6 Å². The Balaban J connectivity index is 3.07. The minimum absolute atomic E-state index is 0.0421. The molecule has 21 heavy (non-hydrogen) atoms. The SMILES string of the molecule is Cc1ccc(NS(C)(=O)=O)c(C(=O)N(C)CCC(=O)O)c1. The summed E-state index contributed by atoms with van der Waals surface area (Å²) in [5.74, 6) is -1.44. The number of carboxylic acid groups (broad SMARTS) is 1. The number of carbonyl (C=O) groups excluding carboxylic acids is 1. The van der Waals surface area contributed by atoms with Crippen LogP contribution in [0.1, 0.15) is 22.3 Å². The molecule has 0 radical (unpaired) electrons. The van der Waals surface area contributed by atoms with Gasteiger partial charge in [-0.05, 0) is 19.1 Å². The number of sulfonamides is 1. The molecular weight excluding hydrogens is 296 g/mol. The van der Waals surface area contributed by atoms with Crippen molar-refractivity contribution in [3.63, 3.8) is 0 Å². The third kappa shape index (κ3) is 5.42. The number of carbonyl (C=O) groups is 2. The molecule has 2 N–H and O–H groups in total. The van der Waals surface area contributed by atoms with Crippen LogP contribution >= 0.6 is 0 Å². The molecule has 0 atom stereocenters. The predicted octanol–water partition coefficient (Wildman–Crippen LogP) is 0.913. The first-order valence-corrected chi connectivity index (χ1v) is 8.05. The highest BCUT2D eigenvalue weighted by Gasteiger charge is 2.18. The lowest BCUT2D eigenvalue weighted by atomic mass is 10.1. The zero-order chi connectivity index (χ0) is 16.2. The van der Waals surface area contributed by atoms with E-state index >= 15 is 0 Å². The number of hydrogen-bond acceptors (Lipinski definition) is 4. The van der Waals surface area contributed by atoms with Crippen LogP contribution < -0.4 is 4.72 Å². The van der Waals surface area contributed by atoms with Crippen LogP contribution in [-0.2, 0) is 14.8 Å². The first-order valence-electron chi connectivity index (χ1n) is 6.16. The van der Waals surface area contributed by atoms with Gasteiger partial charge < -0.3 is 10.0 Å². The van der Waals surface area contributed by atoms with Crippen molar-refractivity contribution < 1.29 is 23.1 Å². The first-order chi connectivity index (χ1) is 9.60. The van der Waals surface area contributed by atoms with E-state index in [4.69, 9.17) is 5.11 Å². The molecule has 1 aromatic rings. The number of benzene rings is 1. The maximum absolute atomic E-state index is 12.3. The van der Waals surface area contributed by atoms with Crippen molar-refractivity contribution in [2.24, 2.45) is 0 Å². The summed E-state index contributed by atoms with van der Waals surface area (Å²) in [6.45, 7) is 1.82. The molecule has 0 saturated heterocycles. The topological polar surface area (TPSA) is 104 Å². The molecule has 1 rings (SSSR count). The summed E-state index contributed by atoms with van der Waals surface area (Å²) in [7, 11) is -2.04. The maximum atomic E-state index is 12.3. The van der Waals surface area contributed by atoms with Gasteiger partial charge in [-0.2, -0.15) is 0 Å². The van der Waals surface area contributed by atoms with Crippen LogP contribution in [0.4, 0.5) is 5.69 Å². The number of aryl methyl sites for hydroxylation is 1. The Morgan fingerprint density at radius 1 is 1.33 bits per heavy atom. The lowest BCUT2D eigenvalue weighted by Gasteiger charge is -2.19. The second kappa shape index (κ2) is 6.57. The number of carboxylic acids is 1. The van der Waals surface area contributed by atoms with Gasteiger partial charge in [-0.3, -0.25) is 14.3 Å². The van der Waals surface area contributed by atoms with E-state index < -0.39 is 21.9 Å². The summed E-state index contributed by atoms with van der Waals surface area (Å²) in [6.07, 6.45) is 0.818. The Labute approximate surface area is 123 Å². The van der Waals surface area contributed by atoms with E-state index in [1.807, 2.05) is 0 Å². The van der Waals surface area contributed by atoms with E-state index in [-0.39, 0.29) is 24.2 Å². The standard InChI is InChI=1S/C13H18N2O5S/c1-9-4-5-11(14-21(3,19)20)10(8-9)13(18)15(2)7-6-12(16)17/h4-5,8,14H,6-7H2,1-3H3,(H,16,17). The Morgan fingerprint density at radius 2 is 1.95 bits per heavy atom. The number of nitrogens with zero attached hydrogens (tertiary/aromatic N) is 1. The van der Waals surface area contributed by atoms with Crippen molar-refractivity contribution in [3.8, 4) is 0 Å². The second-order valence-corrected chi connectivity index (χ2v) is 6.54. The van der Waals surface area contributed by atoms with Crippen LogP contribution in [0.15, 0.2) is 18.2 Å². The highest BCUT2D eigenvalue weighted by Crippen LogP contribution is 2.20. The summed E-state index contributed by atoms with van der Waals surface area (Å²) in [6, 6.07) is 4.75. The zero-order valence-corrected chi connectivity index (χ0v) is 12.9. The molecule has 7 nitrogen and oxygen atoms in total. The van der Waals surface area contributed by atoms with Crippen LogP contribution in [-0.4, -0.2) is 50.1 Å². The molecule has 0 bridgehead atoms. The van der Waals surface area contributed by atoms with Crippen molar-refractivity contribution >= 4 is 27.6 Å². The van der Waals surface area contributed by atoms with E-state index in [1.165, 1.54) is 18.0 Å². The minimum Gasteiger partial charge on any atom is -0.481 e. The fourth-order valence-electron chi connectivity index (χ4n) is 1.69. The molecule has 0 spiro atoms. The van der Waals surface area contributed by atoms with Gasteiger partial charge in [0.2, 0.25) is 10.0 Å². The molecule has 1 amide bonds. The van der Waals surface area contributed by atoms with Crippen molar-refractivity contribution in [2.45, 2.75) is 13.3 Å². The van der Waals surface area contributed by atoms with Crippen LogP contribution in [0, 0.1) is 6.92 Å². The van der Waals surface area contributed by atoms with Gasteiger partial charge in [0.15, 0.2) is 0 Å². The summed E-state index contributed by atoms with van der Waals surface area (Å²) >= 11 is 0. The number of rotatable bonds is 6. The molecule has 116 valence electrons. The van der Waals surface area contributed by atoms with E-state index in [0.717, 1.165) is 11.8 Å². The van der Waals surface area contributed by atoms with Crippen LogP contribution in [0.5, 0.6) is 0 Å². The van der Waals surface area contributed by atoms with Gasteiger partial charge >= 0.3 is 5.97 Å².